The molecule has 0 saturated carbocycles. The van der Waals surface area contributed by atoms with Crippen molar-refractivity contribution in [3.63, 3.8) is 0 Å². The fourth-order valence-corrected chi connectivity index (χ4v) is 3.97. The van der Waals surface area contributed by atoms with Gasteiger partial charge in [-0.2, -0.15) is 0 Å². The van der Waals surface area contributed by atoms with Crippen molar-refractivity contribution in [2.24, 2.45) is 5.92 Å². The zero-order valence-corrected chi connectivity index (χ0v) is 17.1. The lowest BCUT2D eigenvalue weighted by Gasteiger charge is -2.12. The molecule has 0 radical (unpaired) electrons. The van der Waals surface area contributed by atoms with Gasteiger partial charge in [0.05, 0.1) is 23.9 Å². The summed E-state index contributed by atoms with van der Waals surface area (Å²) in [6.45, 7) is 4.93. The van der Waals surface area contributed by atoms with Crippen molar-refractivity contribution in [2.75, 3.05) is 13.7 Å². The van der Waals surface area contributed by atoms with Crippen LogP contribution in [0.2, 0.25) is 0 Å². The topological polar surface area (TPSA) is 31.4 Å². The second-order valence-corrected chi connectivity index (χ2v) is 8.20. The summed E-state index contributed by atoms with van der Waals surface area (Å²) in [6.07, 6.45) is 4.13. The molecule has 3 nitrogen and oxygen atoms in total. The number of nitrogens with zero attached hydrogens (tertiary/aromatic N) is 1. The van der Waals surface area contributed by atoms with Crippen molar-refractivity contribution < 1.29 is 9.47 Å². The number of aromatic nitrogens is 1. The van der Waals surface area contributed by atoms with Gasteiger partial charge in [0.15, 0.2) is 11.5 Å². The quantitative estimate of drug-likeness (QED) is 0.369. The van der Waals surface area contributed by atoms with Gasteiger partial charge >= 0.3 is 0 Å². The Morgan fingerprint density at radius 1 is 1.00 bits per heavy atom. The molecule has 1 heterocycles. The minimum atomic E-state index is 0.460. The Hall–Kier alpha value is -2.85. The lowest BCUT2D eigenvalue weighted by Crippen LogP contribution is -2.05. The highest BCUT2D eigenvalue weighted by Crippen LogP contribution is 2.31. The van der Waals surface area contributed by atoms with Gasteiger partial charge in [-0.3, -0.25) is 0 Å². The summed E-state index contributed by atoms with van der Waals surface area (Å²) in [5.41, 5.74) is 2.13. The van der Waals surface area contributed by atoms with Crippen LogP contribution in [0.4, 0.5) is 0 Å². The first-order valence-electron chi connectivity index (χ1n) is 9.41. The molecule has 4 aromatic rings. The number of rotatable bonds is 6. The third-order valence-corrected chi connectivity index (χ3v) is 5.46. The summed E-state index contributed by atoms with van der Waals surface area (Å²) in [5, 5.41) is 3.41. The molecule has 0 aliphatic heterocycles. The second kappa shape index (κ2) is 8.03. The SMILES string of the molecule is COc1ccc(/C=C/c2nc3c(ccc4ccccc43)s2)cc1OCC(C)C. The van der Waals surface area contributed by atoms with Crippen molar-refractivity contribution in [3.05, 3.63) is 65.2 Å². The number of hydrogen-bond donors (Lipinski definition) is 0. The zero-order chi connectivity index (χ0) is 19.5. The van der Waals surface area contributed by atoms with Gasteiger partial charge in [-0.25, -0.2) is 4.98 Å². The average molecular weight is 390 g/mol. The molecule has 4 heteroatoms. The molecule has 0 aliphatic carbocycles. The standard InChI is InChI=1S/C24H23NO2S/c1-16(2)15-27-21-14-17(8-11-20(21)26-3)9-13-23-25-24-19-7-5-4-6-18(19)10-12-22(24)28-23/h4-14,16H,15H2,1-3H3/b13-9+. The zero-order valence-electron chi connectivity index (χ0n) is 16.3. The highest BCUT2D eigenvalue weighted by Gasteiger charge is 2.08. The molecule has 0 amide bonds. The first-order valence-corrected chi connectivity index (χ1v) is 10.2. The summed E-state index contributed by atoms with van der Waals surface area (Å²) in [6, 6.07) is 18.7. The normalized spacial score (nSPS) is 11.7. The number of methoxy groups -OCH3 is 1. The number of ether oxygens (including phenoxy) is 2. The van der Waals surface area contributed by atoms with E-state index in [0.29, 0.717) is 12.5 Å². The van der Waals surface area contributed by atoms with Gasteiger partial charge in [0.2, 0.25) is 0 Å². The minimum absolute atomic E-state index is 0.460. The molecule has 4 rings (SSSR count). The third kappa shape index (κ3) is 3.87. The lowest BCUT2D eigenvalue weighted by molar-refractivity contribution is 0.257. The van der Waals surface area contributed by atoms with Gasteiger partial charge in [0.25, 0.3) is 0 Å². The van der Waals surface area contributed by atoms with E-state index < -0.39 is 0 Å². The van der Waals surface area contributed by atoms with E-state index in [1.165, 1.54) is 15.5 Å². The van der Waals surface area contributed by atoms with Crippen LogP contribution in [0.15, 0.2) is 54.6 Å². The van der Waals surface area contributed by atoms with Crippen molar-refractivity contribution in [1.82, 2.24) is 4.98 Å². The molecule has 142 valence electrons. The highest BCUT2D eigenvalue weighted by atomic mass is 32.1. The Bertz CT molecular complexity index is 1140. The predicted molar refractivity (Wildman–Crippen MR) is 119 cm³/mol. The van der Waals surface area contributed by atoms with Crippen LogP contribution < -0.4 is 9.47 Å². The van der Waals surface area contributed by atoms with Crippen LogP contribution in [0.25, 0.3) is 33.1 Å². The van der Waals surface area contributed by atoms with Crippen LogP contribution in [-0.2, 0) is 0 Å². The summed E-state index contributed by atoms with van der Waals surface area (Å²) in [5.74, 6) is 1.99. The van der Waals surface area contributed by atoms with Crippen LogP contribution in [0, 0.1) is 5.92 Å². The summed E-state index contributed by atoms with van der Waals surface area (Å²) in [7, 11) is 1.67. The van der Waals surface area contributed by atoms with Crippen LogP contribution in [0.1, 0.15) is 24.4 Å². The lowest BCUT2D eigenvalue weighted by atomic mass is 10.1. The van der Waals surface area contributed by atoms with Crippen molar-refractivity contribution in [2.45, 2.75) is 13.8 Å². The highest BCUT2D eigenvalue weighted by molar-refractivity contribution is 7.19. The van der Waals surface area contributed by atoms with E-state index >= 15 is 0 Å². The Morgan fingerprint density at radius 2 is 1.86 bits per heavy atom. The van der Waals surface area contributed by atoms with Crippen LogP contribution in [0.3, 0.4) is 0 Å². The fraction of sp³-hybridized carbons (Fsp3) is 0.208. The molecule has 0 saturated heterocycles. The van der Waals surface area contributed by atoms with Gasteiger partial charge in [-0.15, -0.1) is 11.3 Å². The van der Waals surface area contributed by atoms with Crippen molar-refractivity contribution in [3.8, 4) is 11.5 Å². The van der Waals surface area contributed by atoms with E-state index in [9.17, 15) is 0 Å². The van der Waals surface area contributed by atoms with E-state index in [4.69, 9.17) is 14.5 Å². The minimum Gasteiger partial charge on any atom is -0.493 e. The monoisotopic (exact) mass is 389 g/mol. The molecule has 28 heavy (non-hydrogen) atoms. The Morgan fingerprint density at radius 3 is 2.68 bits per heavy atom. The molecule has 0 fully saturated rings. The number of hydrogen-bond acceptors (Lipinski definition) is 4. The molecular formula is C24H23NO2S. The van der Waals surface area contributed by atoms with Crippen molar-refractivity contribution in [1.29, 1.82) is 0 Å². The van der Waals surface area contributed by atoms with E-state index in [2.05, 4.69) is 62.4 Å². The smallest absolute Gasteiger partial charge is 0.161 e. The van der Waals surface area contributed by atoms with E-state index in [1.807, 2.05) is 18.2 Å². The first kappa shape index (κ1) is 18.5. The summed E-state index contributed by atoms with van der Waals surface area (Å²) >= 11 is 1.70. The molecule has 0 aliphatic rings. The number of thiazole rings is 1. The first-order chi connectivity index (χ1) is 13.6. The van der Waals surface area contributed by atoms with E-state index in [-0.39, 0.29) is 0 Å². The third-order valence-electron chi connectivity index (χ3n) is 4.48. The maximum absolute atomic E-state index is 5.91. The fourth-order valence-electron chi connectivity index (χ4n) is 3.08. The molecule has 0 unspecified atom stereocenters. The molecule has 0 spiro atoms. The molecule has 0 bridgehead atoms. The largest absolute Gasteiger partial charge is 0.493 e. The average Bonchev–Trinajstić information content (AvgIpc) is 3.14. The summed E-state index contributed by atoms with van der Waals surface area (Å²) < 4.78 is 12.5. The van der Waals surface area contributed by atoms with E-state index in [1.54, 1.807) is 18.4 Å². The maximum Gasteiger partial charge on any atom is 0.161 e. The molecule has 0 atom stereocenters. The molecule has 3 aromatic carbocycles. The van der Waals surface area contributed by atoms with Crippen LogP contribution in [-0.4, -0.2) is 18.7 Å². The summed E-state index contributed by atoms with van der Waals surface area (Å²) in [4.78, 5) is 4.85. The molecule has 0 N–H and O–H groups in total. The Labute approximate surface area is 169 Å². The Balaban J connectivity index is 1.63. The van der Waals surface area contributed by atoms with Gasteiger partial charge < -0.3 is 9.47 Å². The van der Waals surface area contributed by atoms with Crippen LogP contribution in [0.5, 0.6) is 11.5 Å². The van der Waals surface area contributed by atoms with Gasteiger partial charge in [0.1, 0.15) is 5.01 Å². The Kier molecular flexibility index (Phi) is 5.31. The van der Waals surface area contributed by atoms with Crippen LogP contribution >= 0.6 is 11.3 Å². The number of fused-ring (bicyclic) bond motifs is 3. The molecular weight excluding hydrogens is 366 g/mol. The van der Waals surface area contributed by atoms with E-state index in [0.717, 1.165) is 27.6 Å². The van der Waals surface area contributed by atoms with Gasteiger partial charge in [-0.05, 0) is 41.1 Å². The number of benzene rings is 3. The maximum atomic E-state index is 5.91. The van der Waals surface area contributed by atoms with Gasteiger partial charge in [0, 0.05) is 5.39 Å². The second-order valence-electron chi connectivity index (χ2n) is 7.13. The van der Waals surface area contributed by atoms with Crippen molar-refractivity contribution >= 4 is 44.5 Å². The predicted octanol–water partition coefficient (Wildman–Crippen LogP) is 6.66. The molecule has 1 aromatic heterocycles. The van der Waals surface area contributed by atoms with Gasteiger partial charge in [-0.1, -0.05) is 56.3 Å².